The van der Waals surface area contributed by atoms with E-state index in [4.69, 9.17) is 0 Å². The van der Waals surface area contributed by atoms with Gasteiger partial charge in [0, 0.05) is 4.90 Å². The fourth-order valence-electron chi connectivity index (χ4n) is 1.77. The molecule has 0 aliphatic carbocycles. The number of nitrogens with one attached hydrogen (secondary N) is 1. The zero-order valence-electron chi connectivity index (χ0n) is 11.6. The zero-order chi connectivity index (χ0) is 16.0. The van der Waals surface area contributed by atoms with E-state index >= 15 is 0 Å². The van der Waals surface area contributed by atoms with Crippen LogP contribution in [0.2, 0.25) is 0 Å². The molecule has 0 radical (unpaired) electrons. The lowest BCUT2D eigenvalue weighted by atomic mass is 10.1. The van der Waals surface area contributed by atoms with Gasteiger partial charge in [0.1, 0.15) is 0 Å². The van der Waals surface area contributed by atoms with Gasteiger partial charge in [-0.1, -0.05) is 60.3 Å². The minimum atomic E-state index is -3.16. The third kappa shape index (κ3) is 4.82. The maximum atomic E-state index is 13.8. The largest absolute Gasteiger partial charge is 0.378 e. The van der Waals surface area contributed by atoms with E-state index in [0.717, 1.165) is 0 Å². The molecule has 2 N–H and O–H groups in total. The van der Waals surface area contributed by atoms with Gasteiger partial charge in [0.25, 0.3) is 5.91 Å². The van der Waals surface area contributed by atoms with Gasteiger partial charge in [0.15, 0.2) is 6.10 Å². The van der Waals surface area contributed by atoms with Gasteiger partial charge in [-0.25, -0.2) is 0 Å². The van der Waals surface area contributed by atoms with Crippen molar-refractivity contribution in [1.29, 1.82) is 0 Å². The number of hydrogen-bond donors (Lipinski definition) is 2. The van der Waals surface area contributed by atoms with Gasteiger partial charge in [-0.15, -0.1) is 0 Å². The molecule has 0 aliphatic heterocycles. The van der Waals surface area contributed by atoms with Crippen molar-refractivity contribution in [3.05, 3.63) is 66.2 Å². The topological polar surface area (TPSA) is 49.3 Å². The van der Waals surface area contributed by atoms with Crippen LogP contribution in [0.5, 0.6) is 0 Å². The SMILES string of the molecule is O=C(NCC(F)(F)Sc1ccccc1)C(O)c1ccccc1. The first-order valence-electron chi connectivity index (χ1n) is 6.60. The van der Waals surface area contributed by atoms with E-state index in [-0.39, 0.29) is 0 Å². The van der Waals surface area contributed by atoms with Crippen LogP contribution >= 0.6 is 11.8 Å². The van der Waals surface area contributed by atoms with Crippen LogP contribution in [0.1, 0.15) is 11.7 Å². The maximum absolute atomic E-state index is 13.8. The number of halogens is 2. The number of amides is 1. The summed E-state index contributed by atoms with van der Waals surface area (Å²) in [6.45, 7) is -0.852. The molecule has 0 aliphatic rings. The summed E-state index contributed by atoms with van der Waals surface area (Å²) in [5.41, 5.74) is 0.360. The third-order valence-electron chi connectivity index (χ3n) is 2.84. The molecule has 0 saturated carbocycles. The summed E-state index contributed by atoms with van der Waals surface area (Å²) >= 11 is 0.366. The summed E-state index contributed by atoms with van der Waals surface area (Å²) in [5.74, 6) is -0.848. The molecule has 6 heteroatoms. The highest BCUT2D eigenvalue weighted by molar-refractivity contribution is 8.00. The van der Waals surface area contributed by atoms with Crippen molar-refractivity contribution >= 4 is 17.7 Å². The molecule has 0 saturated heterocycles. The van der Waals surface area contributed by atoms with Crippen molar-refractivity contribution in [3.63, 3.8) is 0 Å². The Morgan fingerprint density at radius 3 is 2.23 bits per heavy atom. The summed E-state index contributed by atoms with van der Waals surface area (Å²) in [4.78, 5) is 12.1. The number of carbonyl (C=O) groups is 1. The Kier molecular flexibility index (Phi) is 5.51. The Morgan fingerprint density at radius 1 is 1.09 bits per heavy atom. The molecule has 0 fully saturated rings. The van der Waals surface area contributed by atoms with E-state index in [1.165, 1.54) is 0 Å². The Morgan fingerprint density at radius 2 is 1.64 bits per heavy atom. The van der Waals surface area contributed by atoms with Crippen molar-refractivity contribution < 1.29 is 18.7 Å². The average Bonchev–Trinajstić information content (AvgIpc) is 2.53. The van der Waals surface area contributed by atoms with E-state index < -0.39 is 23.8 Å². The molecule has 3 nitrogen and oxygen atoms in total. The molecule has 1 unspecified atom stereocenters. The van der Waals surface area contributed by atoms with Gasteiger partial charge in [0.2, 0.25) is 0 Å². The predicted octanol–water partition coefficient (Wildman–Crippen LogP) is 3.22. The number of thioether (sulfide) groups is 1. The quantitative estimate of drug-likeness (QED) is 0.803. The molecular weight excluding hydrogens is 308 g/mol. The van der Waals surface area contributed by atoms with E-state index in [2.05, 4.69) is 5.32 Å². The molecule has 1 atom stereocenters. The first kappa shape index (κ1) is 16.5. The normalized spacial score (nSPS) is 12.7. The Bertz CT molecular complexity index is 608. The summed E-state index contributed by atoms with van der Waals surface area (Å²) in [6.07, 6.45) is -1.46. The van der Waals surface area contributed by atoms with Crippen molar-refractivity contribution in [3.8, 4) is 0 Å². The Hall–Kier alpha value is -1.92. The highest BCUT2D eigenvalue weighted by Gasteiger charge is 2.32. The van der Waals surface area contributed by atoms with Gasteiger partial charge in [-0.2, -0.15) is 8.78 Å². The molecule has 0 heterocycles. The first-order chi connectivity index (χ1) is 10.5. The minimum Gasteiger partial charge on any atom is -0.378 e. The standard InChI is InChI=1S/C16H15F2NO2S/c17-16(18,22-13-9-5-2-6-10-13)11-19-15(21)14(20)12-7-3-1-4-8-12/h1-10,14,20H,11H2,(H,19,21). The average molecular weight is 323 g/mol. The molecule has 2 rings (SSSR count). The van der Waals surface area contributed by atoms with Crippen molar-refractivity contribution in [2.45, 2.75) is 16.3 Å². The van der Waals surface area contributed by atoms with Gasteiger partial charge < -0.3 is 10.4 Å². The van der Waals surface area contributed by atoms with Crippen LogP contribution in [-0.2, 0) is 4.79 Å². The molecule has 2 aromatic rings. The van der Waals surface area contributed by atoms with Crippen LogP contribution in [-0.4, -0.2) is 22.8 Å². The lowest BCUT2D eigenvalue weighted by Crippen LogP contribution is -2.37. The van der Waals surface area contributed by atoms with Crippen molar-refractivity contribution in [1.82, 2.24) is 5.32 Å². The molecule has 0 aromatic heterocycles. The Labute approximate surface area is 131 Å². The third-order valence-corrected chi connectivity index (χ3v) is 3.79. The van der Waals surface area contributed by atoms with Crippen LogP contribution in [0.3, 0.4) is 0 Å². The number of aliphatic hydroxyl groups is 1. The smallest absolute Gasteiger partial charge is 0.315 e. The van der Waals surface area contributed by atoms with E-state index in [1.54, 1.807) is 60.7 Å². The molecule has 1 amide bonds. The second-order valence-corrected chi connectivity index (χ2v) is 5.86. The number of rotatable bonds is 6. The monoisotopic (exact) mass is 323 g/mol. The highest BCUT2D eigenvalue weighted by Crippen LogP contribution is 2.35. The van der Waals surface area contributed by atoms with Gasteiger partial charge in [-0.05, 0) is 17.7 Å². The van der Waals surface area contributed by atoms with Gasteiger partial charge in [0.05, 0.1) is 6.54 Å². The van der Waals surface area contributed by atoms with Crippen LogP contribution < -0.4 is 5.32 Å². The molecule has 116 valence electrons. The van der Waals surface area contributed by atoms with E-state index in [9.17, 15) is 18.7 Å². The Balaban J connectivity index is 1.89. The van der Waals surface area contributed by atoms with Gasteiger partial charge >= 0.3 is 5.25 Å². The number of benzene rings is 2. The van der Waals surface area contributed by atoms with Crippen LogP contribution in [0.15, 0.2) is 65.6 Å². The lowest BCUT2D eigenvalue weighted by Gasteiger charge is -2.18. The van der Waals surface area contributed by atoms with Crippen LogP contribution in [0.4, 0.5) is 8.78 Å². The second-order valence-electron chi connectivity index (χ2n) is 4.58. The van der Waals surface area contributed by atoms with E-state index in [0.29, 0.717) is 22.2 Å². The van der Waals surface area contributed by atoms with E-state index in [1.807, 2.05) is 0 Å². The number of aliphatic hydroxyl groups excluding tert-OH is 1. The molecule has 0 bridgehead atoms. The zero-order valence-corrected chi connectivity index (χ0v) is 12.4. The highest BCUT2D eigenvalue weighted by atomic mass is 32.2. The van der Waals surface area contributed by atoms with Crippen LogP contribution in [0.25, 0.3) is 0 Å². The summed E-state index contributed by atoms with van der Waals surface area (Å²) in [5, 5.41) is 8.73. The first-order valence-corrected chi connectivity index (χ1v) is 7.42. The molecule has 0 spiro atoms. The fraction of sp³-hybridized carbons (Fsp3) is 0.188. The fourth-order valence-corrected chi connectivity index (χ4v) is 2.55. The van der Waals surface area contributed by atoms with Crippen LogP contribution in [0, 0.1) is 0 Å². The summed E-state index contributed by atoms with van der Waals surface area (Å²) in [6, 6.07) is 16.4. The van der Waals surface area contributed by atoms with Crippen molar-refractivity contribution in [2.75, 3.05) is 6.54 Å². The number of alkyl halides is 2. The molecule has 2 aromatic carbocycles. The molecular formula is C16H15F2NO2S. The lowest BCUT2D eigenvalue weighted by molar-refractivity contribution is -0.130. The number of carbonyl (C=O) groups excluding carboxylic acids is 1. The summed E-state index contributed by atoms with van der Waals surface area (Å²) in [7, 11) is 0. The maximum Gasteiger partial charge on any atom is 0.315 e. The van der Waals surface area contributed by atoms with Crippen molar-refractivity contribution in [2.24, 2.45) is 0 Å². The molecule has 22 heavy (non-hydrogen) atoms. The number of hydrogen-bond acceptors (Lipinski definition) is 3. The minimum absolute atomic E-state index is 0.360. The second kappa shape index (κ2) is 7.38. The predicted molar refractivity (Wildman–Crippen MR) is 81.7 cm³/mol. The van der Waals surface area contributed by atoms with Gasteiger partial charge in [-0.3, -0.25) is 4.79 Å². The summed E-state index contributed by atoms with van der Waals surface area (Å²) < 4.78 is 27.6.